The molecule has 1 unspecified atom stereocenters. The molecule has 0 saturated carbocycles. The van der Waals surface area contributed by atoms with Crippen LogP contribution in [0.3, 0.4) is 0 Å². The summed E-state index contributed by atoms with van der Waals surface area (Å²) < 4.78 is 16.1. The number of ether oxygens (including phenoxy) is 2. The van der Waals surface area contributed by atoms with E-state index in [4.69, 9.17) is 13.9 Å². The monoisotopic (exact) mass is 456 g/mol. The largest absolute Gasteiger partial charge is 0.489 e. The number of esters is 1. The minimum absolute atomic E-state index is 0.266. The molecule has 1 atom stereocenters. The first-order valence-corrected chi connectivity index (χ1v) is 10.8. The molecule has 34 heavy (non-hydrogen) atoms. The Bertz CT molecular complexity index is 1220. The second kappa shape index (κ2) is 11.0. The molecule has 0 aliphatic heterocycles. The van der Waals surface area contributed by atoms with E-state index >= 15 is 0 Å². The molecule has 1 aromatic heterocycles. The summed E-state index contributed by atoms with van der Waals surface area (Å²) in [7, 11) is 1.30. The van der Waals surface area contributed by atoms with Crippen LogP contribution in [0, 0.1) is 0 Å². The number of hydrogen-bond donors (Lipinski definition) is 1. The van der Waals surface area contributed by atoms with E-state index in [9.17, 15) is 9.59 Å². The van der Waals surface area contributed by atoms with Crippen LogP contribution in [0.5, 0.6) is 5.75 Å². The van der Waals surface area contributed by atoms with Gasteiger partial charge in [-0.05, 0) is 29.3 Å². The molecule has 1 amide bonds. The Morgan fingerprint density at radius 1 is 0.941 bits per heavy atom. The van der Waals surface area contributed by atoms with Crippen molar-refractivity contribution in [1.29, 1.82) is 0 Å². The van der Waals surface area contributed by atoms with E-state index in [1.54, 1.807) is 24.3 Å². The van der Waals surface area contributed by atoms with Crippen LogP contribution >= 0.6 is 0 Å². The van der Waals surface area contributed by atoms with Gasteiger partial charge < -0.3 is 19.2 Å². The Labute approximate surface area is 197 Å². The van der Waals surface area contributed by atoms with Crippen molar-refractivity contribution < 1.29 is 23.5 Å². The molecule has 172 valence electrons. The summed E-state index contributed by atoms with van der Waals surface area (Å²) in [4.78, 5) is 29.4. The predicted molar refractivity (Wildman–Crippen MR) is 126 cm³/mol. The van der Waals surface area contributed by atoms with Crippen molar-refractivity contribution in [3.8, 4) is 17.1 Å². The van der Waals surface area contributed by atoms with E-state index in [0.29, 0.717) is 29.2 Å². The summed E-state index contributed by atoms with van der Waals surface area (Å²) in [6.07, 6.45) is 3.10. The maximum atomic E-state index is 13.1. The number of benzene rings is 3. The average molecular weight is 456 g/mol. The van der Waals surface area contributed by atoms with Crippen LogP contribution in [-0.4, -0.2) is 30.0 Å². The number of aromatic nitrogens is 1. The number of amides is 1. The maximum Gasteiger partial charge on any atom is 0.328 e. The van der Waals surface area contributed by atoms with Crippen molar-refractivity contribution in [2.45, 2.75) is 19.1 Å². The van der Waals surface area contributed by atoms with Gasteiger partial charge in [-0.15, -0.1) is 0 Å². The SMILES string of the molecule is COC(=O)C(Cc1ccc(OCc2ccccc2)cc1)NC(=O)c1ccccc1-c1cnco1. The predicted octanol–water partition coefficient (Wildman–Crippen LogP) is 4.43. The van der Waals surface area contributed by atoms with Crippen molar-refractivity contribution >= 4 is 11.9 Å². The molecule has 0 bridgehead atoms. The summed E-state index contributed by atoms with van der Waals surface area (Å²) in [5, 5.41) is 2.79. The highest BCUT2D eigenvalue weighted by Gasteiger charge is 2.24. The molecule has 3 aromatic carbocycles. The van der Waals surface area contributed by atoms with E-state index in [0.717, 1.165) is 11.1 Å². The lowest BCUT2D eigenvalue weighted by molar-refractivity contribution is -0.142. The van der Waals surface area contributed by atoms with Crippen LogP contribution in [0.1, 0.15) is 21.5 Å². The second-order valence-corrected chi connectivity index (χ2v) is 7.58. The quantitative estimate of drug-likeness (QED) is 0.375. The highest BCUT2D eigenvalue weighted by molar-refractivity contribution is 6.02. The van der Waals surface area contributed by atoms with E-state index in [-0.39, 0.29) is 6.42 Å². The molecule has 0 aliphatic carbocycles. The van der Waals surface area contributed by atoms with E-state index in [1.807, 2.05) is 54.6 Å². The van der Waals surface area contributed by atoms with Crippen LogP contribution in [0.15, 0.2) is 95.9 Å². The van der Waals surface area contributed by atoms with Gasteiger partial charge in [-0.3, -0.25) is 4.79 Å². The molecule has 4 rings (SSSR count). The van der Waals surface area contributed by atoms with Gasteiger partial charge in [0.1, 0.15) is 18.4 Å². The molecule has 0 saturated heterocycles. The maximum absolute atomic E-state index is 13.1. The van der Waals surface area contributed by atoms with Gasteiger partial charge in [0, 0.05) is 12.0 Å². The Balaban J connectivity index is 1.44. The molecule has 7 nitrogen and oxygen atoms in total. The average Bonchev–Trinajstić information content (AvgIpc) is 3.43. The number of nitrogens with one attached hydrogen (secondary N) is 1. The fourth-order valence-corrected chi connectivity index (χ4v) is 3.51. The molecule has 0 spiro atoms. The van der Waals surface area contributed by atoms with Gasteiger partial charge in [-0.25, -0.2) is 9.78 Å². The lowest BCUT2D eigenvalue weighted by Crippen LogP contribution is -2.43. The molecular formula is C27H24N2O5. The fraction of sp³-hybridized carbons (Fsp3) is 0.148. The number of nitrogens with zero attached hydrogens (tertiary/aromatic N) is 1. The van der Waals surface area contributed by atoms with Crippen molar-refractivity contribution in [2.24, 2.45) is 0 Å². The fourth-order valence-electron chi connectivity index (χ4n) is 3.51. The van der Waals surface area contributed by atoms with Gasteiger partial charge in [0.15, 0.2) is 12.2 Å². The molecule has 7 heteroatoms. The van der Waals surface area contributed by atoms with Crippen LogP contribution < -0.4 is 10.1 Å². The van der Waals surface area contributed by atoms with Crippen LogP contribution in [0.2, 0.25) is 0 Å². The van der Waals surface area contributed by atoms with Crippen LogP contribution in [-0.2, 0) is 22.6 Å². The second-order valence-electron chi connectivity index (χ2n) is 7.58. The smallest absolute Gasteiger partial charge is 0.328 e. The topological polar surface area (TPSA) is 90.7 Å². The first-order valence-electron chi connectivity index (χ1n) is 10.8. The first kappa shape index (κ1) is 22.8. The molecule has 0 fully saturated rings. The summed E-state index contributed by atoms with van der Waals surface area (Å²) in [5.74, 6) is 0.235. The minimum atomic E-state index is -0.864. The van der Waals surface area contributed by atoms with Gasteiger partial charge in [0.2, 0.25) is 0 Å². The number of carbonyl (C=O) groups excluding carboxylic acids is 2. The molecule has 1 N–H and O–H groups in total. The van der Waals surface area contributed by atoms with Crippen molar-refractivity contribution in [3.63, 3.8) is 0 Å². The normalized spacial score (nSPS) is 11.4. The number of rotatable bonds is 9. The number of oxazole rings is 1. The van der Waals surface area contributed by atoms with Gasteiger partial charge in [-0.2, -0.15) is 0 Å². The minimum Gasteiger partial charge on any atom is -0.489 e. The Morgan fingerprint density at radius 2 is 1.68 bits per heavy atom. The highest BCUT2D eigenvalue weighted by Crippen LogP contribution is 2.23. The van der Waals surface area contributed by atoms with Crippen LogP contribution in [0.25, 0.3) is 11.3 Å². The van der Waals surface area contributed by atoms with Crippen molar-refractivity contribution in [2.75, 3.05) is 7.11 Å². The lowest BCUT2D eigenvalue weighted by Gasteiger charge is -2.18. The third kappa shape index (κ3) is 5.69. The molecular weight excluding hydrogens is 432 g/mol. The summed E-state index contributed by atoms with van der Waals surface area (Å²) >= 11 is 0. The zero-order valence-electron chi connectivity index (χ0n) is 18.6. The standard InChI is InChI=1S/C27H24N2O5/c1-32-27(31)24(29-26(30)23-10-6-5-9-22(23)25-16-28-18-34-25)15-19-11-13-21(14-12-19)33-17-20-7-3-2-4-8-20/h2-14,16,18,24H,15,17H2,1H3,(H,29,30). The Morgan fingerprint density at radius 3 is 2.38 bits per heavy atom. The molecule has 4 aromatic rings. The third-order valence-corrected chi connectivity index (χ3v) is 5.27. The van der Waals surface area contributed by atoms with Gasteiger partial charge in [0.25, 0.3) is 5.91 Å². The highest BCUT2D eigenvalue weighted by atomic mass is 16.5. The van der Waals surface area contributed by atoms with E-state index < -0.39 is 17.9 Å². The summed E-state index contributed by atoms with van der Waals surface area (Å²) in [5.41, 5.74) is 2.88. The third-order valence-electron chi connectivity index (χ3n) is 5.27. The number of carbonyl (C=O) groups is 2. The first-order chi connectivity index (χ1) is 16.6. The Hall–Kier alpha value is -4.39. The van der Waals surface area contributed by atoms with Gasteiger partial charge in [-0.1, -0.05) is 60.7 Å². The lowest BCUT2D eigenvalue weighted by atomic mass is 10.0. The Kier molecular flexibility index (Phi) is 7.35. The number of hydrogen-bond acceptors (Lipinski definition) is 6. The number of methoxy groups -OCH3 is 1. The van der Waals surface area contributed by atoms with E-state index in [1.165, 1.54) is 19.7 Å². The molecule has 0 aliphatic rings. The zero-order chi connectivity index (χ0) is 23.8. The summed E-state index contributed by atoms with van der Waals surface area (Å²) in [6.45, 7) is 0.464. The van der Waals surface area contributed by atoms with Crippen LogP contribution in [0.4, 0.5) is 0 Å². The van der Waals surface area contributed by atoms with Crippen molar-refractivity contribution in [3.05, 3.63) is 108 Å². The molecule has 0 radical (unpaired) electrons. The zero-order valence-corrected chi connectivity index (χ0v) is 18.6. The van der Waals surface area contributed by atoms with E-state index in [2.05, 4.69) is 10.3 Å². The molecule has 1 heterocycles. The van der Waals surface area contributed by atoms with Gasteiger partial charge >= 0.3 is 5.97 Å². The van der Waals surface area contributed by atoms with Crippen molar-refractivity contribution in [1.82, 2.24) is 10.3 Å². The summed E-state index contributed by atoms with van der Waals surface area (Å²) in [6, 6.07) is 23.4. The van der Waals surface area contributed by atoms with Gasteiger partial charge in [0.05, 0.1) is 18.9 Å².